The van der Waals surface area contributed by atoms with Gasteiger partial charge in [0.05, 0.1) is 0 Å². The van der Waals surface area contributed by atoms with Crippen molar-refractivity contribution in [2.75, 3.05) is 12.0 Å². The minimum atomic E-state index is -1.05. The number of aromatic nitrogens is 3. The van der Waals surface area contributed by atoms with Crippen molar-refractivity contribution in [2.45, 2.75) is 5.16 Å². The third-order valence-electron chi connectivity index (χ3n) is 2.37. The molecule has 100 valence electrons. The molecule has 0 aliphatic heterocycles. The van der Waals surface area contributed by atoms with Crippen LogP contribution in [-0.4, -0.2) is 32.1 Å². The molecule has 4 N–H and O–H groups in total. The van der Waals surface area contributed by atoms with Crippen LogP contribution in [0.1, 0.15) is 10.4 Å². The molecule has 2 aromatic rings. The molecular weight excluding hydrogens is 270 g/mol. The Morgan fingerprint density at radius 1 is 1.47 bits per heavy atom. The van der Waals surface area contributed by atoms with Crippen LogP contribution in [-0.2, 0) is 0 Å². The zero-order valence-electron chi connectivity index (χ0n) is 9.90. The van der Waals surface area contributed by atoms with Crippen LogP contribution in [0.15, 0.2) is 29.4 Å². The molecule has 0 saturated heterocycles. The summed E-state index contributed by atoms with van der Waals surface area (Å²) in [6.07, 6.45) is 1.77. The van der Waals surface area contributed by atoms with Crippen LogP contribution in [0.5, 0.6) is 0 Å². The van der Waals surface area contributed by atoms with Crippen molar-refractivity contribution in [3.8, 4) is 0 Å². The lowest BCUT2D eigenvalue weighted by molar-refractivity contribution is -0.991. The van der Waals surface area contributed by atoms with E-state index in [1.54, 1.807) is 6.26 Å². The lowest BCUT2D eigenvalue weighted by Gasteiger charge is -2.11. The highest BCUT2D eigenvalue weighted by Gasteiger charge is 2.16. The number of anilines is 1. The predicted molar refractivity (Wildman–Crippen MR) is 68.2 cm³/mol. The molecule has 0 aliphatic rings. The molecule has 2 rings (SSSR count). The highest BCUT2D eigenvalue weighted by atomic mass is 32.2. The minimum Gasteiger partial charge on any atom is -0.595 e. The molecule has 0 radical (unpaired) electrons. The second-order valence-corrected chi connectivity index (χ2v) is 4.33. The van der Waals surface area contributed by atoms with Gasteiger partial charge in [0.2, 0.25) is 11.1 Å². The van der Waals surface area contributed by atoms with Gasteiger partial charge < -0.3 is 10.9 Å². The first-order valence-corrected chi connectivity index (χ1v) is 6.40. The molecule has 19 heavy (non-hydrogen) atoms. The molecule has 0 amide bonds. The van der Waals surface area contributed by atoms with Gasteiger partial charge in [0.25, 0.3) is 5.91 Å². The lowest BCUT2D eigenvalue weighted by Crippen LogP contribution is -2.99. The van der Waals surface area contributed by atoms with Crippen molar-refractivity contribution < 1.29 is 15.2 Å². The number of benzene rings is 1. The SMILES string of the molecule is CSc1nc(N)n(C(=O)c2ccc([NH+]([O-])O)cc2)n1. The van der Waals surface area contributed by atoms with Crippen LogP contribution in [0.2, 0.25) is 0 Å². The van der Waals surface area contributed by atoms with Crippen LogP contribution in [0.3, 0.4) is 0 Å². The molecule has 0 spiro atoms. The van der Waals surface area contributed by atoms with E-state index in [0.717, 1.165) is 4.68 Å². The standard InChI is InChI=1S/C10H11N5O3S/c1-19-10-12-9(11)14(13-10)8(16)6-2-4-7(5-3-6)15(17)18/h2-5,15,17H,1H3,(H2,11,12,13). The number of quaternary nitrogens is 1. The normalized spacial score (nSPS) is 12.4. The second-order valence-electron chi connectivity index (χ2n) is 3.56. The largest absolute Gasteiger partial charge is 0.595 e. The number of nitrogens with zero attached hydrogens (tertiary/aromatic N) is 3. The maximum absolute atomic E-state index is 12.1. The van der Waals surface area contributed by atoms with Gasteiger partial charge in [-0.1, -0.05) is 11.8 Å². The van der Waals surface area contributed by atoms with Crippen molar-refractivity contribution in [1.82, 2.24) is 14.8 Å². The Morgan fingerprint density at radius 3 is 2.58 bits per heavy atom. The monoisotopic (exact) mass is 281 g/mol. The summed E-state index contributed by atoms with van der Waals surface area (Å²) in [6, 6.07) is 5.51. The minimum absolute atomic E-state index is 0.00309. The number of hydrogen-bond acceptors (Lipinski definition) is 7. The smallest absolute Gasteiger partial charge is 0.281 e. The van der Waals surface area contributed by atoms with Gasteiger partial charge in [-0.2, -0.15) is 14.9 Å². The Morgan fingerprint density at radius 2 is 2.11 bits per heavy atom. The third kappa shape index (κ3) is 2.74. The molecule has 1 heterocycles. The van der Waals surface area contributed by atoms with Crippen LogP contribution < -0.4 is 11.0 Å². The van der Waals surface area contributed by atoms with Crippen molar-refractivity contribution >= 4 is 29.3 Å². The van der Waals surface area contributed by atoms with Gasteiger partial charge in [-0.05, 0) is 18.4 Å². The molecule has 1 aromatic carbocycles. The summed E-state index contributed by atoms with van der Waals surface area (Å²) >= 11 is 1.27. The Balaban J connectivity index is 2.30. The number of nitrogen functional groups attached to an aromatic ring is 1. The summed E-state index contributed by atoms with van der Waals surface area (Å²) < 4.78 is 0.988. The molecule has 0 bridgehead atoms. The number of hydrogen-bond donors (Lipinski definition) is 3. The number of carbonyl (C=O) groups excluding carboxylic acids is 1. The number of rotatable bonds is 3. The molecule has 1 atom stereocenters. The summed E-state index contributed by atoms with van der Waals surface area (Å²) in [5.41, 5.74) is 5.99. The van der Waals surface area contributed by atoms with E-state index in [1.165, 1.54) is 36.0 Å². The molecule has 9 heteroatoms. The summed E-state index contributed by atoms with van der Waals surface area (Å²) in [4.78, 5) is 16.0. The van der Waals surface area contributed by atoms with Crippen molar-refractivity contribution in [2.24, 2.45) is 0 Å². The summed E-state index contributed by atoms with van der Waals surface area (Å²) in [5.74, 6) is -0.459. The first-order chi connectivity index (χ1) is 9.02. The fourth-order valence-electron chi connectivity index (χ4n) is 1.42. The van der Waals surface area contributed by atoms with Crippen LogP contribution >= 0.6 is 11.8 Å². The number of carbonyl (C=O) groups is 1. The first-order valence-electron chi connectivity index (χ1n) is 5.17. The number of nitrogens with two attached hydrogens (primary N) is 1. The maximum Gasteiger partial charge on any atom is 0.281 e. The fraction of sp³-hybridized carbons (Fsp3) is 0.100. The van der Waals surface area contributed by atoms with Crippen molar-refractivity contribution in [3.05, 3.63) is 35.0 Å². The van der Waals surface area contributed by atoms with E-state index in [9.17, 15) is 10.0 Å². The van der Waals surface area contributed by atoms with Gasteiger partial charge in [0.15, 0.2) is 5.69 Å². The molecule has 0 fully saturated rings. The average molecular weight is 281 g/mol. The Bertz CT molecular complexity index is 596. The van der Waals surface area contributed by atoms with Crippen molar-refractivity contribution in [3.63, 3.8) is 0 Å². The van der Waals surface area contributed by atoms with Crippen LogP contribution in [0.25, 0.3) is 0 Å². The summed E-state index contributed by atoms with van der Waals surface area (Å²) in [5, 5.41) is 22.8. The van der Waals surface area contributed by atoms with E-state index >= 15 is 0 Å². The molecule has 0 saturated carbocycles. The first kappa shape index (κ1) is 13.5. The molecular formula is C10H11N5O3S. The van der Waals surface area contributed by atoms with E-state index in [1.807, 2.05) is 0 Å². The van der Waals surface area contributed by atoms with Gasteiger partial charge in [0.1, 0.15) is 0 Å². The van der Waals surface area contributed by atoms with Gasteiger partial charge in [0, 0.05) is 17.7 Å². The average Bonchev–Trinajstić information content (AvgIpc) is 2.79. The topological polar surface area (TPSA) is 122 Å². The Labute approximate surface area is 112 Å². The molecule has 8 nitrogen and oxygen atoms in total. The van der Waals surface area contributed by atoms with Gasteiger partial charge in [-0.3, -0.25) is 4.79 Å². The summed E-state index contributed by atoms with van der Waals surface area (Å²) in [6.45, 7) is 0. The van der Waals surface area contributed by atoms with Gasteiger partial charge >= 0.3 is 0 Å². The van der Waals surface area contributed by atoms with Crippen LogP contribution in [0, 0.1) is 5.21 Å². The van der Waals surface area contributed by atoms with E-state index in [2.05, 4.69) is 10.1 Å². The predicted octanol–water partition coefficient (Wildman–Crippen LogP) is -0.326. The Kier molecular flexibility index (Phi) is 3.81. The molecule has 1 unspecified atom stereocenters. The van der Waals surface area contributed by atoms with E-state index < -0.39 is 11.1 Å². The molecule has 0 aliphatic carbocycles. The van der Waals surface area contributed by atoms with Gasteiger partial charge in [-0.25, -0.2) is 5.21 Å². The quantitative estimate of drug-likeness (QED) is 0.520. The zero-order valence-corrected chi connectivity index (χ0v) is 10.7. The van der Waals surface area contributed by atoms with Crippen LogP contribution in [0.4, 0.5) is 11.6 Å². The van der Waals surface area contributed by atoms with Gasteiger partial charge in [-0.15, -0.1) is 5.10 Å². The third-order valence-corrected chi connectivity index (χ3v) is 2.90. The fourth-order valence-corrected chi connectivity index (χ4v) is 1.77. The number of thioether (sulfide) groups is 1. The second kappa shape index (κ2) is 5.36. The van der Waals surface area contributed by atoms with E-state index in [0.29, 0.717) is 5.16 Å². The van der Waals surface area contributed by atoms with E-state index in [4.69, 9.17) is 10.9 Å². The van der Waals surface area contributed by atoms with E-state index in [-0.39, 0.29) is 17.2 Å². The molecule has 1 aromatic heterocycles. The highest BCUT2D eigenvalue weighted by Crippen LogP contribution is 2.13. The zero-order chi connectivity index (χ0) is 14.0. The summed E-state index contributed by atoms with van der Waals surface area (Å²) in [7, 11) is 0. The number of nitrogens with one attached hydrogen (secondary N) is 1. The lowest BCUT2D eigenvalue weighted by atomic mass is 10.2. The highest BCUT2D eigenvalue weighted by molar-refractivity contribution is 7.98. The Hall–Kier alpha value is -1.94. The van der Waals surface area contributed by atoms with Crippen molar-refractivity contribution in [1.29, 1.82) is 0 Å². The maximum atomic E-state index is 12.1.